The van der Waals surface area contributed by atoms with E-state index in [9.17, 15) is 4.79 Å². The van der Waals surface area contributed by atoms with E-state index in [1.807, 2.05) is 24.3 Å². The zero-order valence-electron chi connectivity index (χ0n) is 7.68. The number of hydrogen-bond acceptors (Lipinski definition) is 4. The molecule has 0 aliphatic carbocycles. The first-order valence-corrected chi connectivity index (χ1v) is 6.50. The molecule has 2 aromatic rings. The number of rotatable bonds is 1. The molecule has 0 unspecified atom stereocenters. The van der Waals surface area contributed by atoms with Crippen molar-refractivity contribution in [3.05, 3.63) is 36.0 Å². The number of para-hydroxylation sites is 1. The number of carbonyl (C=O) groups excluding carboxylic acids is 1. The number of aromatic nitrogens is 1. The van der Waals surface area contributed by atoms with Crippen molar-refractivity contribution in [2.24, 2.45) is 0 Å². The summed E-state index contributed by atoms with van der Waals surface area (Å²) in [7, 11) is 0. The van der Waals surface area contributed by atoms with Gasteiger partial charge >= 0.3 is 109 Å². The molecule has 15 heavy (non-hydrogen) atoms. The maximum absolute atomic E-state index is 11.3. The van der Waals surface area contributed by atoms with E-state index in [0.717, 1.165) is 15.8 Å². The van der Waals surface area contributed by atoms with Crippen LogP contribution in [-0.2, 0) is 2.69 Å². The van der Waals surface area contributed by atoms with Gasteiger partial charge in [-0.2, -0.15) is 0 Å². The summed E-state index contributed by atoms with van der Waals surface area (Å²) < 4.78 is 4.77. The van der Waals surface area contributed by atoms with Crippen molar-refractivity contribution in [3.63, 3.8) is 0 Å². The van der Waals surface area contributed by atoms with Crippen molar-refractivity contribution in [1.29, 1.82) is 0 Å². The number of thiol groups is 1. The van der Waals surface area contributed by atoms with Gasteiger partial charge in [-0.3, -0.25) is 0 Å². The summed E-state index contributed by atoms with van der Waals surface area (Å²) in [4.78, 5) is 16.3. The fourth-order valence-electron chi connectivity index (χ4n) is 1.31. The molecule has 1 heterocycles. The minimum atomic E-state index is -0.363. The molecule has 0 saturated carbocycles. The molecule has 0 bridgehead atoms. The van der Waals surface area contributed by atoms with Crippen molar-refractivity contribution < 1.29 is 7.48 Å². The van der Waals surface area contributed by atoms with E-state index in [1.165, 1.54) is 0 Å². The van der Waals surface area contributed by atoms with Crippen LogP contribution in [0.3, 0.4) is 0 Å². The summed E-state index contributed by atoms with van der Waals surface area (Å²) in [5, 5.41) is 0.967. The molecule has 0 spiro atoms. The summed E-state index contributed by atoms with van der Waals surface area (Å²) in [5.41, 5.74) is 1.07. The fourth-order valence-corrected chi connectivity index (χ4v) is 2.04. The first-order chi connectivity index (χ1) is 7.22. The second-order valence-corrected chi connectivity index (χ2v) is 4.35. The van der Waals surface area contributed by atoms with E-state index in [4.69, 9.17) is 2.69 Å². The normalized spacial score (nSPS) is 10.1. The molecule has 0 amide bonds. The Labute approximate surface area is 109 Å². The molecule has 0 radical (unpaired) electrons. The van der Waals surface area contributed by atoms with E-state index >= 15 is 0 Å². The Bertz CT molecular complexity index is 530. The summed E-state index contributed by atoms with van der Waals surface area (Å²) in [5.74, 6) is -0.363. The topological polar surface area (TPSA) is 39.2 Å². The van der Waals surface area contributed by atoms with Crippen LogP contribution in [0.25, 0.3) is 10.9 Å². The predicted octanol–water partition coefficient (Wildman–Crippen LogP) is 1.76. The fraction of sp³-hybridized carbons (Fsp3) is 0. The molecule has 5 heteroatoms. The van der Waals surface area contributed by atoms with Crippen LogP contribution < -0.4 is 0 Å². The zero-order valence-corrected chi connectivity index (χ0v) is 13.1. The van der Waals surface area contributed by atoms with Crippen molar-refractivity contribution in [2.75, 3.05) is 0 Å². The van der Waals surface area contributed by atoms with Gasteiger partial charge in [0.05, 0.1) is 0 Å². The van der Waals surface area contributed by atoms with Crippen LogP contribution in [0.5, 0.6) is 0 Å². The van der Waals surface area contributed by atoms with Gasteiger partial charge in [0.1, 0.15) is 0 Å². The second-order valence-electron chi connectivity index (χ2n) is 2.95. The summed E-state index contributed by atoms with van der Waals surface area (Å²) in [6, 6.07) is 9.19. The SMILES string of the molecule is O=C([O][Tl])c1ccc2cccc(S)c2n1. The third-order valence-corrected chi connectivity index (χ3v) is 3.21. The monoisotopic (exact) mass is 409 g/mol. The number of carbonyl (C=O) groups is 1. The molecule has 0 fully saturated rings. The summed E-state index contributed by atoms with van der Waals surface area (Å²) in [6.07, 6.45) is 0. The Kier molecular flexibility index (Phi) is 3.25. The van der Waals surface area contributed by atoms with Gasteiger partial charge in [0, 0.05) is 0 Å². The molecule has 72 valence electrons. The third kappa shape index (κ3) is 2.15. The zero-order chi connectivity index (χ0) is 10.8. The Morgan fingerprint density at radius 2 is 2.13 bits per heavy atom. The van der Waals surface area contributed by atoms with Crippen molar-refractivity contribution in [3.8, 4) is 0 Å². The van der Waals surface area contributed by atoms with Gasteiger partial charge in [0.2, 0.25) is 0 Å². The predicted molar refractivity (Wildman–Crippen MR) is 60.2 cm³/mol. The molecule has 3 nitrogen and oxygen atoms in total. The average Bonchev–Trinajstić information content (AvgIpc) is 2.28. The van der Waals surface area contributed by atoms with Crippen molar-refractivity contribution >= 4 is 55.7 Å². The number of pyridine rings is 1. The second kappa shape index (κ2) is 4.48. The minimum absolute atomic E-state index is 0.186. The molecule has 0 aliphatic heterocycles. The molecular weight excluding hydrogens is 403 g/mol. The van der Waals surface area contributed by atoms with E-state index in [-0.39, 0.29) is 32.2 Å². The molecule has 0 N–H and O–H groups in total. The maximum atomic E-state index is 11.3. The molecule has 0 saturated heterocycles. The van der Waals surface area contributed by atoms with Gasteiger partial charge in [-0.25, -0.2) is 0 Å². The third-order valence-electron chi connectivity index (χ3n) is 2.02. The van der Waals surface area contributed by atoms with Crippen LogP contribution in [0.4, 0.5) is 0 Å². The van der Waals surface area contributed by atoms with Gasteiger partial charge in [-0.15, -0.1) is 0 Å². The van der Waals surface area contributed by atoms with E-state index < -0.39 is 0 Å². The molecule has 1 aromatic heterocycles. The Balaban J connectivity index is 2.64. The Morgan fingerprint density at radius 1 is 1.33 bits per heavy atom. The van der Waals surface area contributed by atoms with Gasteiger partial charge in [0.15, 0.2) is 0 Å². The van der Waals surface area contributed by atoms with Crippen LogP contribution >= 0.6 is 12.6 Å². The van der Waals surface area contributed by atoms with E-state index in [2.05, 4.69) is 17.6 Å². The number of fused-ring (bicyclic) bond motifs is 1. The number of nitrogens with zero attached hydrogens (tertiary/aromatic N) is 1. The Hall–Kier alpha value is -0.628. The summed E-state index contributed by atoms with van der Waals surface area (Å²) in [6.45, 7) is 0. The molecule has 0 atom stereocenters. The molecule has 0 aliphatic rings. The average molecular weight is 409 g/mol. The van der Waals surface area contributed by atoms with Crippen LogP contribution in [0.2, 0.25) is 0 Å². The molecule has 2 rings (SSSR count). The number of benzene rings is 1. The Morgan fingerprint density at radius 3 is 2.87 bits per heavy atom. The molecule has 1 aromatic carbocycles. The molecular formula is C10H6NO2STl. The van der Waals surface area contributed by atoms with Gasteiger partial charge in [-0.1, -0.05) is 0 Å². The first-order valence-electron chi connectivity index (χ1n) is 4.22. The quantitative estimate of drug-likeness (QED) is 0.577. The number of hydrogen-bond donors (Lipinski definition) is 1. The van der Waals surface area contributed by atoms with Crippen LogP contribution in [-0.4, -0.2) is 37.2 Å². The first kappa shape index (κ1) is 10.9. The standard InChI is InChI=1S/C10H7NO2S.Tl/c12-10(13)7-5-4-6-2-1-3-8(14)9(6)11-7;/h1-5,14H,(H,12,13);/q;+1/p-1. The van der Waals surface area contributed by atoms with Gasteiger partial charge < -0.3 is 0 Å². The van der Waals surface area contributed by atoms with Crippen LogP contribution in [0.15, 0.2) is 35.2 Å². The van der Waals surface area contributed by atoms with Gasteiger partial charge in [0.25, 0.3) is 0 Å². The van der Waals surface area contributed by atoms with Crippen LogP contribution in [0.1, 0.15) is 10.5 Å². The van der Waals surface area contributed by atoms with Crippen molar-refractivity contribution in [1.82, 2.24) is 4.98 Å². The van der Waals surface area contributed by atoms with Crippen LogP contribution in [0, 0.1) is 0 Å². The van der Waals surface area contributed by atoms with Gasteiger partial charge in [-0.05, 0) is 0 Å². The van der Waals surface area contributed by atoms with Crippen molar-refractivity contribution in [2.45, 2.75) is 4.90 Å². The van der Waals surface area contributed by atoms with E-state index in [1.54, 1.807) is 6.07 Å². The van der Waals surface area contributed by atoms with E-state index in [0.29, 0.717) is 5.69 Å². The summed E-state index contributed by atoms with van der Waals surface area (Å²) >= 11 is 4.48.